The Hall–Kier alpha value is -3.69. The summed E-state index contributed by atoms with van der Waals surface area (Å²) in [4.78, 5) is 46.6. The average Bonchev–Trinajstić information content (AvgIpc) is 3.20. The van der Waals surface area contributed by atoms with Crippen LogP contribution in [0.5, 0.6) is 0 Å². The lowest BCUT2D eigenvalue weighted by Crippen LogP contribution is -2.39. The number of likely N-dealkylation sites (tertiary alicyclic amines) is 1. The second-order valence-electron chi connectivity index (χ2n) is 10.3. The number of amides is 2. The summed E-state index contributed by atoms with van der Waals surface area (Å²) < 4.78 is 1.48. The topological polar surface area (TPSA) is 146 Å². The van der Waals surface area contributed by atoms with Gasteiger partial charge in [-0.3, -0.25) is 24.4 Å². The fourth-order valence-corrected chi connectivity index (χ4v) is 5.25. The normalized spacial score (nSPS) is 20.8. The molecule has 1 aromatic carbocycles. The van der Waals surface area contributed by atoms with Crippen LogP contribution in [0.3, 0.4) is 0 Å². The summed E-state index contributed by atoms with van der Waals surface area (Å²) in [7, 11) is 0. The highest BCUT2D eigenvalue weighted by molar-refractivity contribution is 5.94. The lowest BCUT2D eigenvalue weighted by molar-refractivity contribution is -0.133. The van der Waals surface area contributed by atoms with Crippen LogP contribution in [0.2, 0.25) is 0 Å². The van der Waals surface area contributed by atoms with Crippen molar-refractivity contribution in [3.63, 3.8) is 0 Å². The average molecular weight is 508 g/mol. The van der Waals surface area contributed by atoms with Crippen LogP contribution in [0.25, 0.3) is 0 Å². The maximum atomic E-state index is 13.5. The minimum Gasteiger partial charge on any atom is -0.384 e. The summed E-state index contributed by atoms with van der Waals surface area (Å²) in [6, 6.07) is 6.31. The van der Waals surface area contributed by atoms with Crippen LogP contribution in [0.1, 0.15) is 75.4 Å². The minimum atomic E-state index is -0.769. The maximum absolute atomic E-state index is 13.5. The molecule has 2 amide bonds. The van der Waals surface area contributed by atoms with Gasteiger partial charge < -0.3 is 21.3 Å². The molecule has 0 saturated carbocycles. The number of piperidine rings is 1. The molecule has 4 rings (SSSR count). The number of nitrogen functional groups attached to an aromatic ring is 1. The maximum Gasteiger partial charge on any atom is 0.277 e. The van der Waals surface area contributed by atoms with E-state index >= 15 is 0 Å². The van der Waals surface area contributed by atoms with Gasteiger partial charge in [0.1, 0.15) is 23.4 Å². The van der Waals surface area contributed by atoms with Crippen molar-refractivity contribution in [2.75, 3.05) is 25.0 Å². The number of rotatable bonds is 9. The molecule has 2 aliphatic rings. The van der Waals surface area contributed by atoms with Crippen molar-refractivity contribution in [3.05, 3.63) is 57.8 Å². The molecule has 10 nitrogen and oxygen atoms in total. The first-order valence-corrected chi connectivity index (χ1v) is 13.1. The van der Waals surface area contributed by atoms with Crippen LogP contribution in [-0.2, 0) is 21.5 Å². The highest BCUT2D eigenvalue weighted by Gasteiger charge is 2.47. The lowest BCUT2D eigenvalue weighted by Gasteiger charge is -2.31. The number of fused-ring (bicyclic) bond motifs is 1. The Labute approximate surface area is 217 Å². The zero-order chi connectivity index (χ0) is 26.6. The van der Waals surface area contributed by atoms with Crippen LogP contribution in [-0.4, -0.2) is 51.7 Å². The van der Waals surface area contributed by atoms with Gasteiger partial charge in [-0.2, -0.15) is 0 Å². The molecule has 1 saturated heterocycles. The number of benzene rings is 1. The monoisotopic (exact) mass is 507 g/mol. The number of amidine groups is 1. The van der Waals surface area contributed by atoms with Crippen molar-refractivity contribution < 1.29 is 9.59 Å². The molecular formula is C27H37N7O3. The fraction of sp³-hybridized carbons (Fsp3) is 0.519. The van der Waals surface area contributed by atoms with Crippen molar-refractivity contribution in [1.29, 1.82) is 5.41 Å². The highest BCUT2D eigenvalue weighted by atomic mass is 16.2. The molecule has 0 spiro atoms. The van der Waals surface area contributed by atoms with Crippen molar-refractivity contribution in [3.8, 4) is 0 Å². The number of carbonyl (C=O) groups excluding carboxylic acids is 2. The van der Waals surface area contributed by atoms with Crippen molar-refractivity contribution in [1.82, 2.24) is 19.8 Å². The van der Waals surface area contributed by atoms with E-state index in [-0.39, 0.29) is 36.2 Å². The van der Waals surface area contributed by atoms with Crippen LogP contribution < -0.4 is 21.9 Å². The Morgan fingerprint density at radius 3 is 2.54 bits per heavy atom. The van der Waals surface area contributed by atoms with Gasteiger partial charge in [0.2, 0.25) is 11.8 Å². The third-order valence-corrected chi connectivity index (χ3v) is 7.34. The van der Waals surface area contributed by atoms with Gasteiger partial charge in [0.05, 0.1) is 6.20 Å². The molecule has 0 unspecified atom stereocenters. The third kappa shape index (κ3) is 5.68. The van der Waals surface area contributed by atoms with E-state index in [0.717, 1.165) is 44.3 Å². The van der Waals surface area contributed by atoms with E-state index < -0.39 is 11.5 Å². The number of hydrogen-bond acceptors (Lipinski definition) is 6. The van der Waals surface area contributed by atoms with E-state index in [4.69, 9.17) is 11.1 Å². The Kier molecular flexibility index (Phi) is 7.94. The van der Waals surface area contributed by atoms with Gasteiger partial charge in [-0.05, 0) is 37.7 Å². The van der Waals surface area contributed by atoms with Crippen molar-refractivity contribution in [2.45, 2.75) is 70.4 Å². The zero-order valence-corrected chi connectivity index (χ0v) is 21.7. The van der Waals surface area contributed by atoms with Crippen LogP contribution in [0.4, 0.5) is 5.69 Å². The number of anilines is 1. The van der Waals surface area contributed by atoms with Gasteiger partial charge in [0, 0.05) is 43.6 Å². The van der Waals surface area contributed by atoms with E-state index in [1.54, 1.807) is 12.1 Å². The zero-order valence-electron chi connectivity index (χ0n) is 21.7. The number of carbonyl (C=O) groups is 2. The Balaban J connectivity index is 1.58. The third-order valence-electron chi connectivity index (χ3n) is 7.34. The Morgan fingerprint density at radius 1 is 1.19 bits per heavy atom. The largest absolute Gasteiger partial charge is 0.384 e. The highest BCUT2D eigenvalue weighted by Crippen LogP contribution is 2.42. The summed E-state index contributed by atoms with van der Waals surface area (Å²) in [5, 5.41) is 13.6. The molecule has 1 fully saturated rings. The predicted molar refractivity (Wildman–Crippen MR) is 143 cm³/mol. The van der Waals surface area contributed by atoms with Gasteiger partial charge in [-0.15, -0.1) is 0 Å². The fourth-order valence-electron chi connectivity index (χ4n) is 5.25. The molecule has 37 heavy (non-hydrogen) atoms. The smallest absolute Gasteiger partial charge is 0.277 e. The van der Waals surface area contributed by atoms with Crippen LogP contribution >= 0.6 is 0 Å². The Bertz CT molecular complexity index is 1220. The van der Waals surface area contributed by atoms with Gasteiger partial charge >= 0.3 is 0 Å². The molecule has 5 N–H and O–H groups in total. The van der Waals surface area contributed by atoms with E-state index in [0.29, 0.717) is 30.0 Å². The Morgan fingerprint density at radius 2 is 1.89 bits per heavy atom. The predicted octanol–water partition coefficient (Wildman–Crippen LogP) is 2.27. The van der Waals surface area contributed by atoms with Crippen molar-refractivity contribution >= 4 is 23.3 Å². The number of aromatic nitrogens is 2. The summed E-state index contributed by atoms with van der Waals surface area (Å²) in [6.45, 7) is 6.33. The molecule has 10 heteroatoms. The first-order valence-electron chi connectivity index (χ1n) is 13.1. The molecule has 3 heterocycles. The molecule has 2 aliphatic heterocycles. The summed E-state index contributed by atoms with van der Waals surface area (Å²) in [5.74, 6) is 0.220. The molecular weight excluding hydrogens is 470 g/mol. The number of nitrogens with zero attached hydrogens (tertiary/aromatic N) is 3. The summed E-state index contributed by atoms with van der Waals surface area (Å²) in [6.07, 6.45) is 6.04. The molecule has 198 valence electrons. The van der Waals surface area contributed by atoms with Gasteiger partial charge in [0.15, 0.2) is 0 Å². The summed E-state index contributed by atoms with van der Waals surface area (Å²) >= 11 is 0. The van der Waals surface area contributed by atoms with Gasteiger partial charge in [-0.25, -0.2) is 4.98 Å². The van der Waals surface area contributed by atoms with E-state index in [1.165, 1.54) is 10.8 Å². The molecule has 2 atom stereocenters. The second-order valence-corrected chi connectivity index (χ2v) is 10.3. The van der Waals surface area contributed by atoms with Crippen LogP contribution in [0, 0.1) is 5.41 Å². The molecule has 0 aliphatic carbocycles. The lowest BCUT2D eigenvalue weighted by atomic mass is 9.82. The number of hydrogen-bond donors (Lipinski definition) is 4. The SMILES string of the molecule is CCCNc1cnc2n(c1=O)[C@@H](C(=O)NCc1ccc(C(=N)N)cc1)C[C@@]2(C)CC(=O)N1CCCCC1. The quantitative estimate of drug-likeness (QED) is 0.302. The number of nitrogens with one attached hydrogen (secondary N) is 3. The van der Waals surface area contributed by atoms with Crippen molar-refractivity contribution in [2.24, 2.45) is 5.73 Å². The van der Waals surface area contributed by atoms with E-state index in [9.17, 15) is 14.4 Å². The number of nitrogens with two attached hydrogens (primary N) is 1. The molecule has 2 aromatic rings. The standard InChI is InChI=1S/C27H37N7O3/c1-3-11-30-20-17-32-26-27(2,15-22(35)33-12-5-4-6-13-33)14-21(34(26)25(20)37)24(36)31-16-18-7-9-19(10-8-18)23(28)29/h7-10,17,21,30H,3-6,11-16H2,1-2H3,(H3,28,29)(H,31,36)/t21-,27+/m1/s1. The van der Waals surface area contributed by atoms with Gasteiger partial charge in [-0.1, -0.05) is 38.1 Å². The molecule has 0 bridgehead atoms. The van der Waals surface area contributed by atoms with Gasteiger partial charge in [0.25, 0.3) is 5.56 Å². The second kappa shape index (κ2) is 11.1. The van der Waals surface area contributed by atoms with E-state index in [2.05, 4.69) is 15.6 Å². The first-order chi connectivity index (χ1) is 17.7. The molecule has 0 radical (unpaired) electrons. The van der Waals surface area contributed by atoms with E-state index in [1.807, 2.05) is 30.9 Å². The first kappa shape index (κ1) is 26.4. The van der Waals surface area contributed by atoms with Crippen LogP contribution in [0.15, 0.2) is 35.3 Å². The minimum absolute atomic E-state index is 0.0177. The summed E-state index contributed by atoms with van der Waals surface area (Å²) in [5.41, 5.74) is 6.31. The molecule has 1 aromatic heterocycles.